The summed E-state index contributed by atoms with van der Waals surface area (Å²) in [6.07, 6.45) is 0.292. The molecule has 0 spiro atoms. The molecule has 0 bridgehead atoms. The largest absolute Gasteiger partial charge is 0.477 e. The number of carboxylic acids is 1. The van der Waals surface area contributed by atoms with Gasteiger partial charge in [0.05, 0.1) is 6.26 Å². The number of carboxylic acid groups (broad SMARTS) is 1. The van der Waals surface area contributed by atoms with E-state index < -0.39 is 35.3 Å². The van der Waals surface area contributed by atoms with Gasteiger partial charge in [0.1, 0.15) is 23.7 Å². The summed E-state index contributed by atoms with van der Waals surface area (Å²) in [7, 11) is 0. The molecule has 2 aromatic rings. The lowest BCUT2D eigenvalue weighted by Crippen LogP contribution is -2.71. The normalized spacial score (nSPS) is 19.7. The van der Waals surface area contributed by atoms with E-state index in [2.05, 4.69) is 15.2 Å². The second-order valence-corrected chi connectivity index (χ2v) is 8.15. The van der Waals surface area contributed by atoms with Gasteiger partial charge in [-0.1, -0.05) is 23.4 Å². The van der Waals surface area contributed by atoms with Crippen LogP contribution in [0.25, 0.3) is 0 Å². The first-order valence-corrected chi connectivity index (χ1v) is 10.9. The smallest absolute Gasteiger partial charge is 0.404 e. The molecule has 0 saturated carbocycles. The maximum absolute atomic E-state index is 13.0. The van der Waals surface area contributed by atoms with Crippen LogP contribution < -0.4 is 15.9 Å². The highest BCUT2D eigenvalue weighted by Crippen LogP contribution is 2.40. The van der Waals surface area contributed by atoms with Gasteiger partial charge in [0.2, 0.25) is 5.71 Å². The number of carbonyl (C=O) groups is 4. The second kappa shape index (κ2) is 9.70. The quantitative estimate of drug-likeness (QED) is 0.278. The van der Waals surface area contributed by atoms with Gasteiger partial charge in [-0.05, 0) is 24.3 Å². The topological polar surface area (TPSA) is 174 Å². The predicted octanol–water partition coefficient (Wildman–Crippen LogP) is 0.897. The first-order chi connectivity index (χ1) is 16.4. The number of hydrogen-bond donors (Lipinski definition) is 3. The molecule has 34 heavy (non-hydrogen) atoms. The van der Waals surface area contributed by atoms with Crippen molar-refractivity contribution in [3.63, 3.8) is 0 Å². The van der Waals surface area contributed by atoms with Crippen molar-refractivity contribution in [1.82, 2.24) is 10.2 Å². The third-order valence-corrected chi connectivity index (χ3v) is 6.22. The maximum Gasteiger partial charge on any atom is 0.404 e. The molecule has 2 aliphatic rings. The summed E-state index contributed by atoms with van der Waals surface area (Å²) in [6, 6.07) is 10.6. The van der Waals surface area contributed by atoms with Gasteiger partial charge in [-0.25, -0.2) is 9.59 Å². The van der Waals surface area contributed by atoms with Gasteiger partial charge >= 0.3 is 12.1 Å². The third kappa shape index (κ3) is 4.59. The average Bonchev–Trinajstić information content (AvgIpc) is 3.35. The van der Waals surface area contributed by atoms with Gasteiger partial charge in [0, 0.05) is 11.3 Å². The number of oxime groups is 1. The molecule has 1 aromatic heterocycles. The van der Waals surface area contributed by atoms with E-state index in [0.717, 1.165) is 4.90 Å². The van der Waals surface area contributed by atoms with E-state index >= 15 is 0 Å². The zero-order chi connectivity index (χ0) is 24.2. The third-order valence-electron chi connectivity index (χ3n) is 4.88. The van der Waals surface area contributed by atoms with Crippen LogP contribution in [-0.4, -0.2) is 63.4 Å². The van der Waals surface area contributed by atoms with E-state index in [1.165, 1.54) is 24.1 Å². The van der Waals surface area contributed by atoms with E-state index in [0.29, 0.717) is 5.75 Å². The zero-order valence-electron chi connectivity index (χ0n) is 17.4. The number of carbonyl (C=O) groups excluding carboxylic acids is 3. The number of aliphatic carboxylic acids is 1. The molecule has 176 valence electrons. The van der Waals surface area contributed by atoms with Crippen LogP contribution in [0.3, 0.4) is 0 Å². The van der Waals surface area contributed by atoms with Crippen LogP contribution in [0, 0.1) is 0 Å². The molecule has 2 atom stereocenters. The molecule has 12 nitrogen and oxygen atoms in total. The Labute approximate surface area is 196 Å². The van der Waals surface area contributed by atoms with E-state index in [9.17, 15) is 24.3 Å². The summed E-state index contributed by atoms with van der Waals surface area (Å²) in [4.78, 5) is 54.8. The van der Waals surface area contributed by atoms with Crippen LogP contribution in [0.1, 0.15) is 5.76 Å². The number of β-lactam (4-membered cyclic amide) rings is 1. The number of rotatable bonds is 8. The highest BCUT2D eigenvalue weighted by molar-refractivity contribution is 8.00. The standard InChI is InChI=1S/C21H18N4O8S/c22-21(30)32-9-11-10-34-19-15(18(27)25(19)16(11)20(28)29)23-17(26)14(13-7-4-8-31-13)24-33-12-5-2-1-3-6-12/h1-8,15,19H,9-10H2,(H2,22,30)(H,23,26)(H,28,29)/t15-,19+/m1/s1. The Balaban J connectivity index is 1.51. The number of ether oxygens (including phenoxy) is 1. The van der Waals surface area contributed by atoms with Crippen molar-refractivity contribution in [2.45, 2.75) is 11.4 Å². The summed E-state index contributed by atoms with van der Waals surface area (Å²) < 4.78 is 9.96. The Bertz CT molecular complexity index is 1180. The van der Waals surface area contributed by atoms with Crippen molar-refractivity contribution in [1.29, 1.82) is 0 Å². The van der Waals surface area contributed by atoms with Crippen molar-refractivity contribution in [2.24, 2.45) is 10.9 Å². The zero-order valence-corrected chi connectivity index (χ0v) is 18.2. The van der Waals surface area contributed by atoms with Crippen LogP contribution in [0.2, 0.25) is 0 Å². The van der Waals surface area contributed by atoms with Crippen molar-refractivity contribution < 1.29 is 38.3 Å². The van der Waals surface area contributed by atoms with Gasteiger partial charge in [-0.3, -0.25) is 14.5 Å². The number of thioether (sulfide) groups is 1. The van der Waals surface area contributed by atoms with Gasteiger partial charge in [0.25, 0.3) is 11.8 Å². The van der Waals surface area contributed by atoms with Crippen LogP contribution >= 0.6 is 11.8 Å². The lowest BCUT2D eigenvalue weighted by Gasteiger charge is -2.49. The summed E-state index contributed by atoms with van der Waals surface area (Å²) in [5.41, 5.74) is 4.67. The minimum absolute atomic E-state index is 0.116. The number of primary amides is 1. The number of benzene rings is 1. The molecule has 1 fully saturated rings. The minimum atomic E-state index is -1.36. The number of hydrogen-bond acceptors (Lipinski definition) is 9. The van der Waals surface area contributed by atoms with E-state index in [4.69, 9.17) is 15.0 Å². The first-order valence-electron chi connectivity index (χ1n) is 9.84. The van der Waals surface area contributed by atoms with Crippen LogP contribution in [0.5, 0.6) is 5.75 Å². The molecular formula is C21H18N4O8S. The van der Waals surface area contributed by atoms with Gasteiger partial charge in [0.15, 0.2) is 11.5 Å². The Hall–Kier alpha value is -4.26. The SMILES string of the molecule is NC(=O)OCC1=C(C(=O)O)N2C(=O)[C@@H](NC(=O)C(=NOc3ccccc3)c3ccco3)[C@@H]2SC1. The van der Waals surface area contributed by atoms with Crippen molar-refractivity contribution in [2.75, 3.05) is 12.4 Å². The molecule has 0 aliphatic carbocycles. The van der Waals surface area contributed by atoms with Gasteiger partial charge in [-0.2, -0.15) is 0 Å². The molecule has 3 amide bonds. The lowest BCUT2D eigenvalue weighted by atomic mass is 10.0. The molecule has 0 unspecified atom stereocenters. The van der Waals surface area contributed by atoms with Crippen molar-refractivity contribution in [3.8, 4) is 5.75 Å². The molecule has 4 N–H and O–H groups in total. The number of furan rings is 1. The minimum Gasteiger partial charge on any atom is -0.477 e. The van der Waals surface area contributed by atoms with Gasteiger partial charge < -0.3 is 30.1 Å². The number of nitrogens with one attached hydrogen (secondary N) is 1. The van der Waals surface area contributed by atoms with Crippen LogP contribution in [-0.2, 0) is 19.1 Å². The number of fused-ring (bicyclic) bond motifs is 1. The molecule has 1 saturated heterocycles. The van der Waals surface area contributed by atoms with E-state index in [1.54, 1.807) is 36.4 Å². The fourth-order valence-corrected chi connectivity index (χ4v) is 4.68. The Morgan fingerprint density at radius 3 is 2.65 bits per heavy atom. The fourth-order valence-electron chi connectivity index (χ4n) is 3.35. The summed E-state index contributed by atoms with van der Waals surface area (Å²) in [5, 5.41) is 15.4. The molecule has 2 aliphatic heterocycles. The Morgan fingerprint density at radius 2 is 2.00 bits per heavy atom. The Kier molecular flexibility index (Phi) is 6.54. The number of amides is 3. The first kappa shape index (κ1) is 22.9. The highest BCUT2D eigenvalue weighted by Gasteiger charge is 2.54. The number of nitrogens with zero attached hydrogens (tertiary/aromatic N) is 2. The van der Waals surface area contributed by atoms with Gasteiger partial charge in [-0.15, -0.1) is 11.8 Å². The molecule has 13 heteroatoms. The van der Waals surface area contributed by atoms with Crippen LogP contribution in [0.4, 0.5) is 4.79 Å². The number of nitrogens with two attached hydrogens (primary N) is 1. The lowest BCUT2D eigenvalue weighted by molar-refractivity contribution is -0.150. The van der Waals surface area contributed by atoms with Crippen LogP contribution in [0.15, 0.2) is 69.6 Å². The molecule has 0 radical (unpaired) electrons. The molecule has 4 rings (SSSR count). The molecule has 1 aromatic carbocycles. The molecule has 3 heterocycles. The summed E-state index contributed by atoms with van der Waals surface area (Å²) >= 11 is 1.21. The van der Waals surface area contributed by atoms with Crippen molar-refractivity contribution in [3.05, 3.63) is 65.8 Å². The monoisotopic (exact) mass is 486 g/mol. The second-order valence-electron chi connectivity index (χ2n) is 7.05. The summed E-state index contributed by atoms with van der Waals surface area (Å²) in [5.74, 6) is -2.08. The Morgan fingerprint density at radius 1 is 1.24 bits per heavy atom. The van der Waals surface area contributed by atoms with E-state index in [-0.39, 0.29) is 35.1 Å². The predicted molar refractivity (Wildman–Crippen MR) is 118 cm³/mol. The highest BCUT2D eigenvalue weighted by atomic mass is 32.2. The van der Waals surface area contributed by atoms with E-state index in [1.807, 2.05) is 0 Å². The number of para-hydroxylation sites is 1. The fraction of sp³-hybridized carbons (Fsp3) is 0.190. The summed E-state index contributed by atoms with van der Waals surface area (Å²) in [6.45, 7) is -0.358. The van der Waals surface area contributed by atoms with Crippen molar-refractivity contribution >= 4 is 41.4 Å². The average molecular weight is 486 g/mol. The maximum atomic E-state index is 13.0. The molecular weight excluding hydrogens is 468 g/mol.